The van der Waals surface area contributed by atoms with Gasteiger partial charge >= 0.3 is 0 Å². The van der Waals surface area contributed by atoms with Gasteiger partial charge in [-0.25, -0.2) is 4.39 Å². The van der Waals surface area contributed by atoms with Crippen molar-refractivity contribution in [2.45, 2.75) is 26.4 Å². The quantitative estimate of drug-likeness (QED) is 0.874. The van der Waals surface area contributed by atoms with E-state index in [0.717, 1.165) is 16.7 Å². The van der Waals surface area contributed by atoms with Gasteiger partial charge in [0.15, 0.2) is 11.5 Å². The molecule has 0 spiro atoms. The molecule has 1 N–H and O–H groups in total. The van der Waals surface area contributed by atoms with Crippen LogP contribution in [0.2, 0.25) is 0 Å². The van der Waals surface area contributed by atoms with Gasteiger partial charge in [0.1, 0.15) is 11.9 Å². The van der Waals surface area contributed by atoms with Gasteiger partial charge in [-0.05, 0) is 54.8 Å². The first-order valence-electron chi connectivity index (χ1n) is 7.64. The van der Waals surface area contributed by atoms with E-state index in [1.54, 1.807) is 26.4 Å². The van der Waals surface area contributed by atoms with Crippen molar-refractivity contribution in [2.75, 3.05) is 14.2 Å². The minimum atomic E-state index is -0.495. The number of nitrogens with one attached hydrogen (secondary N) is 1. The summed E-state index contributed by atoms with van der Waals surface area (Å²) in [6.45, 7) is 4.59. The van der Waals surface area contributed by atoms with Crippen LogP contribution >= 0.6 is 0 Å². The van der Waals surface area contributed by atoms with Gasteiger partial charge in [-0.1, -0.05) is 6.07 Å². The van der Waals surface area contributed by atoms with E-state index in [1.165, 1.54) is 6.07 Å². The van der Waals surface area contributed by atoms with E-state index in [9.17, 15) is 4.39 Å². The molecular formula is C19H21FN2O2. The van der Waals surface area contributed by atoms with Gasteiger partial charge in [0.2, 0.25) is 0 Å². The summed E-state index contributed by atoms with van der Waals surface area (Å²) in [5.41, 5.74) is 3.10. The summed E-state index contributed by atoms with van der Waals surface area (Å²) in [7, 11) is 3.22. The molecule has 2 aromatic carbocycles. The number of rotatable bonds is 6. The van der Waals surface area contributed by atoms with Gasteiger partial charge < -0.3 is 14.8 Å². The van der Waals surface area contributed by atoms with E-state index in [0.29, 0.717) is 18.0 Å². The molecule has 0 fully saturated rings. The van der Waals surface area contributed by atoms with Crippen molar-refractivity contribution in [1.82, 2.24) is 5.32 Å². The van der Waals surface area contributed by atoms with Crippen molar-refractivity contribution in [1.29, 1.82) is 5.26 Å². The largest absolute Gasteiger partial charge is 0.493 e. The highest BCUT2D eigenvalue weighted by atomic mass is 19.1. The lowest BCUT2D eigenvalue weighted by Gasteiger charge is -2.19. The Morgan fingerprint density at radius 2 is 1.83 bits per heavy atom. The third-order valence-electron chi connectivity index (χ3n) is 4.00. The number of ether oxygens (including phenoxy) is 2. The standard InChI is InChI=1S/C19H21FN2O2/c1-12-7-18(23-3)19(24-4)9-16(12)13(2)22-11-14-5-6-17(20)15(8-14)10-21/h5-9,13,22H,11H2,1-4H3. The van der Waals surface area contributed by atoms with Crippen LogP contribution in [0.15, 0.2) is 30.3 Å². The van der Waals surface area contributed by atoms with Crippen LogP contribution < -0.4 is 14.8 Å². The molecule has 2 rings (SSSR count). The van der Waals surface area contributed by atoms with E-state index in [1.807, 2.05) is 32.0 Å². The molecule has 4 nitrogen and oxygen atoms in total. The van der Waals surface area contributed by atoms with E-state index in [2.05, 4.69) is 5.32 Å². The van der Waals surface area contributed by atoms with E-state index in [4.69, 9.17) is 14.7 Å². The molecule has 2 aromatic rings. The summed E-state index contributed by atoms with van der Waals surface area (Å²) in [6.07, 6.45) is 0. The number of hydrogen-bond acceptors (Lipinski definition) is 4. The van der Waals surface area contributed by atoms with Crippen molar-refractivity contribution in [3.63, 3.8) is 0 Å². The van der Waals surface area contributed by atoms with Crippen LogP contribution in [-0.4, -0.2) is 14.2 Å². The molecule has 0 saturated heterocycles. The maximum Gasteiger partial charge on any atom is 0.161 e. The van der Waals surface area contributed by atoms with E-state index in [-0.39, 0.29) is 11.6 Å². The first-order chi connectivity index (χ1) is 11.5. The van der Waals surface area contributed by atoms with Gasteiger partial charge in [0.05, 0.1) is 19.8 Å². The van der Waals surface area contributed by atoms with Crippen LogP contribution in [-0.2, 0) is 6.54 Å². The first-order valence-corrected chi connectivity index (χ1v) is 7.64. The second kappa shape index (κ2) is 7.80. The lowest BCUT2D eigenvalue weighted by Crippen LogP contribution is -2.19. The number of halogens is 1. The second-order valence-electron chi connectivity index (χ2n) is 5.59. The number of hydrogen-bond donors (Lipinski definition) is 1. The van der Waals surface area contributed by atoms with Crippen LogP contribution in [0.5, 0.6) is 11.5 Å². The zero-order chi connectivity index (χ0) is 17.7. The zero-order valence-corrected chi connectivity index (χ0v) is 14.3. The minimum absolute atomic E-state index is 0.0559. The molecule has 0 aliphatic rings. The van der Waals surface area contributed by atoms with Gasteiger partial charge in [0.25, 0.3) is 0 Å². The molecule has 0 saturated carbocycles. The summed E-state index contributed by atoms with van der Waals surface area (Å²) in [4.78, 5) is 0. The Morgan fingerprint density at radius 3 is 2.46 bits per heavy atom. The van der Waals surface area contributed by atoms with Gasteiger partial charge in [-0.15, -0.1) is 0 Å². The van der Waals surface area contributed by atoms with Crippen molar-refractivity contribution in [3.05, 3.63) is 58.4 Å². The maximum atomic E-state index is 13.4. The smallest absolute Gasteiger partial charge is 0.161 e. The monoisotopic (exact) mass is 328 g/mol. The SMILES string of the molecule is COc1cc(C)c(C(C)NCc2ccc(F)c(C#N)c2)cc1OC. The summed E-state index contributed by atoms with van der Waals surface area (Å²) < 4.78 is 24.0. The molecule has 24 heavy (non-hydrogen) atoms. The third kappa shape index (κ3) is 3.84. The molecule has 0 aliphatic heterocycles. The van der Waals surface area contributed by atoms with Gasteiger partial charge in [-0.2, -0.15) is 5.26 Å². The fourth-order valence-electron chi connectivity index (χ4n) is 2.61. The summed E-state index contributed by atoms with van der Waals surface area (Å²) in [6, 6.07) is 10.4. The first kappa shape index (κ1) is 17.8. The fourth-order valence-corrected chi connectivity index (χ4v) is 2.61. The highest BCUT2D eigenvalue weighted by Gasteiger charge is 2.14. The average Bonchev–Trinajstić information content (AvgIpc) is 2.60. The molecule has 1 atom stereocenters. The van der Waals surface area contributed by atoms with Crippen LogP contribution in [0.1, 0.15) is 35.2 Å². The number of nitriles is 1. The van der Waals surface area contributed by atoms with Crippen LogP contribution in [0, 0.1) is 24.1 Å². The van der Waals surface area contributed by atoms with Gasteiger partial charge in [0, 0.05) is 12.6 Å². The van der Waals surface area contributed by atoms with Crippen molar-refractivity contribution in [3.8, 4) is 17.6 Å². The topological polar surface area (TPSA) is 54.3 Å². The van der Waals surface area contributed by atoms with Crippen molar-refractivity contribution in [2.24, 2.45) is 0 Å². The second-order valence-corrected chi connectivity index (χ2v) is 5.59. The van der Waals surface area contributed by atoms with Gasteiger partial charge in [-0.3, -0.25) is 0 Å². The fraction of sp³-hybridized carbons (Fsp3) is 0.316. The summed E-state index contributed by atoms with van der Waals surface area (Å²) >= 11 is 0. The average molecular weight is 328 g/mol. The van der Waals surface area contributed by atoms with Crippen LogP contribution in [0.4, 0.5) is 4.39 Å². The highest BCUT2D eigenvalue weighted by Crippen LogP contribution is 2.32. The Balaban J connectivity index is 2.15. The molecule has 0 aromatic heterocycles. The molecule has 1 unspecified atom stereocenters. The summed E-state index contributed by atoms with van der Waals surface area (Å²) in [5, 5.41) is 12.3. The number of benzene rings is 2. The molecule has 5 heteroatoms. The molecule has 0 bridgehead atoms. The normalized spacial score (nSPS) is 11.7. The lowest BCUT2D eigenvalue weighted by molar-refractivity contribution is 0.353. The Hall–Kier alpha value is -2.58. The Morgan fingerprint density at radius 1 is 1.17 bits per heavy atom. The molecule has 0 heterocycles. The maximum absolute atomic E-state index is 13.4. The van der Waals surface area contributed by atoms with Crippen molar-refractivity contribution < 1.29 is 13.9 Å². The third-order valence-corrected chi connectivity index (χ3v) is 4.00. The Labute approximate surface area is 141 Å². The Bertz CT molecular complexity index is 769. The van der Waals surface area contributed by atoms with Crippen LogP contribution in [0.3, 0.4) is 0 Å². The molecule has 0 aliphatic carbocycles. The Kier molecular flexibility index (Phi) is 5.78. The predicted molar refractivity (Wildman–Crippen MR) is 90.7 cm³/mol. The number of aryl methyl sites for hydroxylation is 1. The number of nitrogens with zero attached hydrogens (tertiary/aromatic N) is 1. The molecule has 0 radical (unpaired) electrons. The van der Waals surface area contributed by atoms with Crippen molar-refractivity contribution >= 4 is 0 Å². The highest BCUT2D eigenvalue weighted by molar-refractivity contribution is 5.48. The molecule has 126 valence electrons. The van der Waals surface area contributed by atoms with Crippen LogP contribution in [0.25, 0.3) is 0 Å². The minimum Gasteiger partial charge on any atom is -0.493 e. The number of methoxy groups -OCH3 is 2. The zero-order valence-electron chi connectivity index (χ0n) is 14.3. The lowest BCUT2D eigenvalue weighted by atomic mass is 10.0. The van der Waals surface area contributed by atoms with E-state index < -0.39 is 5.82 Å². The molecular weight excluding hydrogens is 307 g/mol. The summed E-state index contributed by atoms with van der Waals surface area (Å²) in [5.74, 6) is 0.883. The molecule has 0 amide bonds. The predicted octanol–water partition coefficient (Wildman–Crippen LogP) is 3.87. The van der Waals surface area contributed by atoms with E-state index >= 15 is 0 Å².